The van der Waals surface area contributed by atoms with Crippen molar-refractivity contribution in [3.05, 3.63) is 58.0 Å². The molecule has 2 aliphatic carbocycles. The maximum absolute atomic E-state index is 13.2. The minimum absolute atomic E-state index is 0.141. The van der Waals surface area contributed by atoms with Crippen molar-refractivity contribution >= 4 is 45.7 Å². The Bertz CT molecular complexity index is 1330. The number of amides is 3. The van der Waals surface area contributed by atoms with Crippen LogP contribution in [0.25, 0.3) is 0 Å². The van der Waals surface area contributed by atoms with Gasteiger partial charge in [-0.3, -0.25) is 19.3 Å². The molecule has 4 aliphatic rings. The van der Waals surface area contributed by atoms with E-state index >= 15 is 0 Å². The van der Waals surface area contributed by atoms with Gasteiger partial charge in [0.05, 0.1) is 41.9 Å². The zero-order valence-corrected chi connectivity index (χ0v) is 21.7. The van der Waals surface area contributed by atoms with Gasteiger partial charge in [-0.05, 0) is 68.9 Å². The molecular weight excluding hydrogens is 492 g/mol. The summed E-state index contributed by atoms with van der Waals surface area (Å²) in [5.41, 5.74) is 1.63. The molecule has 0 unspecified atom stereocenters. The van der Waals surface area contributed by atoms with E-state index in [4.69, 9.17) is 9.47 Å². The Hall–Kier alpha value is -3.30. The van der Waals surface area contributed by atoms with Crippen molar-refractivity contribution in [2.75, 3.05) is 16.8 Å². The van der Waals surface area contributed by atoms with Crippen molar-refractivity contribution in [2.24, 2.45) is 23.7 Å². The summed E-state index contributed by atoms with van der Waals surface area (Å²) in [4.78, 5) is 54.3. The van der Waals surface area contributed by atoms with E-state index in [0.717, 1.165) is 16.9 Å². The topological polar surface area (TPSA) is 102 Å². The Balaban J connectivity index is 1.23. The van der Waals surface area contributed by atoms with Crippen LogP contribution in [-0.4, -0.2) is 35.9 Å². The third-order valence-electron chi connectivity index (χ3n) is 7.85. The second kappa shape index (κ2) is 8.63. The normalized spacial score (nSPS) is 26.8. The van der Waals surface area contributed by atoms with Gasteiger partial charge in [-0.25, -0.2) is 4.79 Å². The highest BCUT2D eigenvalue weighted by molar-refractivity contribution is 7.17. The molecule has 8 nitrogen and oxygen atoms in total. The van der Waals surface area contributed by atoms with Crippen LogP contribution in [-0.2, 0) is 32.1 Å². The minimum atomic E-state index is -0.469. The summed E-state index contributed by atoms with van der Waals surface area (Å²) in [7, 11) is 0. The number of nitrogens with zero attached hydrogens (tertiary/aromatic N) is 1. The van der Waals surface area contributed by atoms with E-state index in [-0.39, 0.29) is 42.1 Å². The van der Waals surface area contributed by atoms with Gasteiger partial charge >= 0.3 is 5.97 Å². The predicted octanol–water partition coefficient (Wildman–Crippen LogP) is 4.34. The molecule has 3 amide bonds. The molecule has 9 heteroatoms. The molecule has 2 fully saturated rings. The van der Waals surface area contributed by atoms with E-state index in [1.807, 2.05) is 13.8 Å². The molecule has 1 aromatic heterocycles. The highest BCUT2D eigenvalue weighted by Crippen LogP contribution is 2.53. The molecule has 1 aromatic carbocycles. The van der Waals surface area contributed by atoms with Crippen molar-refractivity contribution < 1.29 is 28.7 Å². The van der Waals surface area contributed by atoms with E-state index in [1.54, 1.807) is 31.2 Å². The summed E-state index contributed by atoms with van der Waals surface area (Å²) in [6.45, 7) is 6.26. The van der Waals surface area contributed by atoms with Gasteiger partial charge in [0.1, 0.15) is 5.00 Å². The SMILES string of the molecule is CCOC(=O)c1c(NC(=O)c2ccc(N3C(=O)[C@@H]4[C@H](C3=O)[C@@H]3C=C[C@H]4C3)cc2)sc2c1CC(C)(C)OC2. The summed E-state index contributed by atoms with van der Waals surface area (Å²) in [5.74, 6) is -1.44. The van der Waals surface area contributed by atoms with Crippen molar-refractivity contribution in [1.29, 1.82) is 0 Å². The summed E-state index contributed by atoms with van der Waals surface area (Å²) < 4.78 is 11.2. The van der Waals surface area contributed by atoms with E-state index in [0.29, 0.717) is 34.8 Å². The first-order chi connectivity index (χ1) is 17.7. The standard InChI is InChI=1S/C28H28N2O6S/c1-4-35-27(34)22-18-12-28(2,3)36-13-19(18)37-24(22)29-23(31)14-7-9-17(10-8-14)30-25(32)20-15-5-6-16(11-15)21(20)26(30)33/h5-10,15-16,20-21H,4,11-13H2,1-3H3,(H,29,31)/t15-,16+,20-,21+. The van der Waals surface area contributed by atoms with Gasteiger partial charge in [-0.15, -0.1) is 11.3 Å². The van der Waals surface area contributed by atoms with Crippen molar-refractivity contribution in [1.82, 2.24) is 0 Å². The van der Waals surface area contributed by atoms with Crippen LogP contribution < -0.4 is 10.2 Å². The van der Waals surface area contributed by atoms with Crippen LogP contribution in [0, 0.1) is 23.7 Å². The fourth-order valence-electron chi connectivity index (χ4n) is 6.15. The zero-order chi connectivity index (χ0) is 26.1. The first-order valence-corrected chi connectivity index (χ1v) is 13.4. The average molecular weight is 521 g/mol. The highest BCUT2D eigenvalue weighted by atomic mass is 32.1. The van der Waals surface area contributed by atoms with Crippen LogP contribution in [0.15, 0.2) is 36.4 Å². The minimum Gasteiger partial charge on any atom is -0.462 e. The summed E-state index contributed by atoms with van der Waals surface area (Å²) in [5, 5.41) is 3.31. The quantitative estimate of drug-likeness (QED) is 0.358. The monoisotopic (exact) mass is 520 g/mol. The molecule has 1 saturated carbocycles. The van der Waals surface area contributed by atoms with Crippen LogP contribution in [0.1, 0.15) is 58.3 Å². The molecule has 192 valence electrons. The van der Waals surface area contributed by atoms with E-state index in [1.165, 1.54) is 16.2 Å². The van der Waals surface area contributed by atoms with Gasteiger partial charge < -0.3 is 14.8 Å². The fourth-order valence-corrected chi connectivity index (χ4v) is 7.27. The number of ether oxygens (including phenoxy) is 2. The molecule has 2 aromatic rings. The summed E-state index contributed by atoms with van der Waals surface area (Å²) in [6, 6.07) is 6.44. The number of hydrogen-bond donors (Lipinski definition) is 1. The fraction of sp³-hybridized carbons (Fsp3) is 0.429. The van der Waals surface area contributed by atoms with Gasteiger partial charge in [0.15, 0.2) is 0 Å². The molecule has 3 heterocycles. The number of thiophene rings is 1. The summed E-state index contributed by atoms with van der Waals surface area (Å²) >= 11 is 1.32. The predicted molar refractivity (Wildman–Crippen MR) is 137 cm³/mol. The Labute approximate surface area is 218 Å². The van der Waals surface area contributed by atoms with Crippen LogP contribution in [0.3, 0.4) is 0 Å². The van der Waals surface area contributed by atoms with Gasteiger partial charge in [-0.1, -0.05) is 12.2 Å². The van der Waals surface area contributed by atoms with Crippen molar-refractivity contribution in [3.8, 4) is 0 Å². The van der Waals surface area contributed by atoms with E-state index in [9.17, 15) is 19.2 Å². The number of imide groups is 1. The smallest absolute Gasteiger partial charge is 0.341 e. The number of rotatable bonds is 5. The van der Waals surface area contributed by atoms with Gasteiger partial charge in [0.2, 0.25) is 11.8 Å². The molecule has 4 atom stereocenters. The van der Waals surface area contributed by atoms with Crippen molar-refractivity contribution in [3.63, 3.8) is 0 Å². The molecule has 0 radical (unpaired) electrons. The Morgan fingerprint density at radius 2 is 1.76 bits per heavy atom. The number of esters is 1. The number of fused-ring (bicyclic) bond motifs is 6. The zero-order valence-electron chi connectivity index (χ0n) is 20.9. The molecule has 37 heavy (non-hydrogen) atoms. The molecule has 0 spiro atoms. The van der Waals surface area contributed by atoms with Crippen LogP contribution in [0.2, 0.25) is 0 Å². The maximum Gasteiger partial charge on any atom is 0.341 e. The van der Waals surface area contributed by atoms with Crippen LogP contribution in [0.5, 0.6) is 0 Å². The number of hydrogen-bond acceptors (Lipinski definition) is 7. The Morgan fingerprint density at radius 1 is 1.11 bits per heavy atom. The van der Waals surface area contributed by atoms with Gasteiger partial charge in [-0.2, -0.15) is 0 Å². The third kappa shape index (κ3) is 3.83. The number of carbonyl (C=O) groups excluding carboxylic acids is 4. The molecule has 2 aliphatic heterocycles. The lowest BCUT2D eigenvalue weighted by molar-refractivity contribution is -0.123. The Kier molecular flexibility index (Phi) is 5.61. The average Bonchev–Trinajstić information content (AvgIpc) is 3.61. The number of allylic oxidation sites excluding steroid dienone is 2. The van der Waals surface area contributed by atoms with Crippen LogP contribution >= 0.6 is 11.3 Å². The summed E-state index contributed by atoms with van der Waals surface area (Å²) in [6.07, 6.45) is 5.54. The molecular formula is C28H28N2O6S. The van der Waals surface area contributed by atoms with Crippen LogP contribution in [0.4, 0.5) is 10.7 Å². The van der Waals surface area contributed by atoms with E-state index in [2.05, 4.69) is 17.5 Å². The van der Waals surface area contributed by atoms with E-state index < -0.39 is 17.5 Å². The largest absolute Gasteiger partial charge is 0.462 e. The number of nitrogens with one attached hydrogen (secondary N) is 1. The second-order valence-electron chi connectivity index (χ2n) is 10.7. The molecule has 1 N–H and O–H groups in total. The number of anilines is 2. The molecule has 1 saturated heterocycles. The number of carbonyl (C=O) groups is 4. The number of benzene rings is 1. The first-order valence-electron chi connectivity index (χ1n) is 12.6. The lowest BCUT2D eigenvalue weighted by atomic mass is 9.85. The lowest BCUT2D eigenvalue weighted by Crippen LogP contribution is -2.32. The third-order valence-corrected chi connectivity index (χ3v) is 8.97. The highest BCUT2D eigenvalue weighted by Gasteiger charge is 2.59. The lowest BCUT2D eigenvalue weighted by Gasteiger charge is -2.30. The van der Waals surface area contributed by atoms with Gasteiger partial charge in [0.25, 0.3) is 5.91 Å². The second-order valence-corrected chi connectivity index (χ2v) is 11.8. The van der Waals surface area contributed by atoms with Crippen molar-refractivity contribution in [2.45, 2.75) is 45.8 Å². The maximum atomic E-state index is 13.2. The first kappa shape index (κ1) is 24.1. The Morgan fingerprint density at radius 3 is 2.38 bits per heavy atom. The van der Waals surface area contributed by atoms with Gasteiger partial charge in [0, 0.05) is 16.9 Å². The molecule has 2 bridgehead atoms. The molecule has 6 rings (SSSR count).